The van der Waals surface area contributed by atoms with E-state index >= 15 is 0 Å². The van der Waals surface area contributed by atoms with Gasteiger partial charge in [-0.2, -0.15) is 0 Å². The van der Waals surface area contributed by atoms with Gasteiger partial charge in [0, 0.05) is 32.2 Å². The van der Waals surface area contributed by atoms with Gasteiger partial charge in [0.05, 0.1) is 6.61 Å². The van der Waals surface area contributed by atoms with Crippen molar-refractivity contribution in [3.05, 3.63) is 35.9 Å². The predicted octanol–water partition coefficient (Wildman–Crippen LogP) is 1.87. The molecule has 1 heterocycles. The lowest BCUT2D eigenvalue weighted by molar-refractivity contribution is 0.114. The van der Waals surface area contributed by atoms with Crippen molar-refractivity contribution >= 4 is 0 Å². The summed E-state index contributed by atoms with van der Waals surface area (Å²) in [4.78, 5) is 2.39. The van der Waals surface area contributed by atoms with E-state index in [0.29, 0.717) is 6.04 Å². The molecule has 1 fully saturated rings. The van der Waals surface area contributed by atoms with Crippen molar-refractivity contribution < 1.29 is 5.11 Å². The van der Waals surface area contributed by atoms with Crippen LogP contribution in [0.15, 0.2) is 30.3 Å². The normalized spacial score (nSPS) is 24.5. The third-order valence-corrected chi connectivity index (χ3v) is 4.04. The molecule has 0 radical (unpaired) electrons. The average Bonchev–Trinajstić information content (AvgIpc) is 2.46. The third kappa shape index (κ3) is 4.60. The number of aliphatic hydroxyl groups is 1. The summed E-state index contributed by atoms with van der Waals surface area (Å²) in [7, 11) is 0. The van der Waals surface area contributed by atoms with Crippen LogP contribution in [0, 0.1) is 5.92 Å². The fourth-order valence-electron chi connectivity index (χ4n) is 2.93. The number of rotatable bonds is 6. The molecule has 1 aliphatic heterocycles. The van der Waals surface area contributed by atoms with E-state index in [1.165, 1.54) is 18.4 Å². The van der Waals surface area contributed by atoms with Crippen LogP contribution >= 0.6 is 0 Å². The quantitative estimate of drug-likeness (QED) is 0.821. The second kappa shape index (κ2) is 7.63. The summed E-state index contributed by atoms with van der Waals surface area (Å²) < 4.78 is 0. The minimum absolute atomic E-state index is 0.266. The van der Waals surface area contributed by atoms with E-state index in [1.54, 1.807) is 0 Å². The van der Waals surface area contributed by atoms with Crippen LogP contribution in [-0.4, -0.2) is 42.3 Å². The SMILES string of the molecule is CCC1CC(NCc2ccccc2)CN(CCO)C1. The maximum atomic E-state index is 9.11. The van der Waals surface area contributed by atoms with Crippen molar-refractivity contribution in [1.82, 2.24) is 10.2 Å². The molecule has 0 spiro atoms. The maximum Gasteiger partial charge on any atom is 0.0558 e. The van der Waals surface area contributed by atoms with Crippen LogP contribution in [0.4, 0.5) is 0 Å². The second-order valence-corrected chi connectivity index (χ2v) is 5.56. The number of piperidine rings is 1. The molecule has 3 heteroatoms. The molecule has 1 aromatic carbocycles. The standard InChI is InChI=1S/C16H26N2O/c1-2-14-10-16(13-18(12-14)8-9-19)17-11-15-6-4-3-5-7-15/h3-7,14,16-17,19H,2,8-13H2,1H3. The van der Waals surface area contributed by atoms with Gasteiger partial charge in [-0.3, -0.25) is 4.90 Å². The highest BCUT2D eigenvalue weighted by atomic mass is 16.3. The Bertz CT molecular complexity index is 355. The molecule has 2 unspecified atom stereocenters. The van der Waals surface area contributed by atoms with Gasteiger partial charge >= 0.3 is 0 Å². The molecule has 106 valence electrons. The van der Waals surface area contributed by atoms with Gasteiger partial charge in [-0.15, -0.1) is 0 Å². The first-order chi connectivity index (χ1) is 9.31. The van der Waals surface area contributed by atoms with Crippen molar-refractivity contribution in [1.29, 1.82) is 0 Å². The summed E-state index contributed by atoms with van der Waals surface area (Å²) in [5.74, 6) is 0.758. The zero-order valence-corrected chi connectivity index (χ0v) is 11.9. The van der Waals surface area contributed by atoms with Gasteiger partial charge in [-0.25, -0.2) is 0 Å². The number of likely N-dealkylation sites (tertiary alicyclic amines) is 1. The molecule has 2 N–H and O–H groups in total. The van der Waals surface area contributed by atoms with E-state index in [0.717, 1.165) is 32.1 Å². The molecule has 2 rings (SSSR count). The molecule has 1 aliphatic rings. The number of β-amino-alcohol motifs (C(OH)–C–C–N with tert-alkyl or cyclic N) is 1. The van der Waals surface area contributed by atoms with E-state index in [9.17, 15) is 0 Å². The Kier molecular flexibility index (Phi) is 5.83. The van der Waals surface area contributed by atoms with Crippen LogP contribution in [0.3, 0.4) is 0 Å². The number of aliphatic hydroxyl groups excluding tert-OH is 1. The first-order valence-corrected chi connectivity index (χ1v) is 7.42. The van der Waals surface area contributed by atoms with Gasteiger partial charge in [-0.1, -0.05) is 43.7 Å². The zero-order valence-electron chi connectivity index (χ0n) is 11.9. The van der Waals surface area contributed by atoms with Crippen LogP contribution in [0.25, 0.3) is 0 Å². The molecule has 1 aromatic rings. The lowest BCUT2D eigenvalue weighted by Gasteiger charge is -2.37. The first-order valence-electron chi connectivity index (χ1n) is 7.42. The second-order valence-electron chi connectivity index (χ2n) is 5.56. The highest BCUT2D eigenvalue weighted by Gasteiger charge is 2.25. The van der Waals surface area contributed by atoms with Crippen LogP contribution in [0.2, 0.25) is 0 Å². The number of hydrogen-bond acceptors (Lipinski definition) is 3. The Morgan fingerprint density at radius 3 is 2.74 bits per heavy atom. The number of hydrogen-bond donors (Lipinski definition) is 2. The summed E-state index contributed by atoms with van der Waals surface area (Å²) in [6.45, 7) is 6.47. The molecule has 0 bridgehead atoms. The molecule has 19 heavy (non-hydrogen) atoms. The Morgan fingerprint density at radius 2 is 2.05 bits per heavy atom. The third-order valence-electron chi connectivity index (χ3n) is 4.04. The van der Waals surface area contributed by atoms with Crippen molar-refractivity contribution in [2.24, 2.45) is 5.92 Å². The summed E-state index contributed by atoms with van der Waals surface area (Å²) in [5, 5.41) is 12.8. The van der Waals surface area contributed by atoms with Crippen LogP contribution in [-0.2, 0) is 6.54 Å². The lowest BCUT2D eigenvalue weighted by atomic mass is 9.92. The fourth-order valence-corrected chi connectivity index (χ4v) is 2.93. The Labute approximate surface area is 116 Å². The minimum atomic E-state index is 0.266. The fraction of sp³-hybridized carbons (Fsp3) is 0.625. The van der Waals surface area contributed by atoms with Crippen LogP contribution in [0.1, 0.15) is 25.3 Å². The van der Waals surface area contributed by atoms with E-state index in [-0.39, 0.29) is 6.61 Å². The lowest BCUT2D eigenvalue weighted by Crippen LogP contribution is -2.49. The molecule has 1 saturated heterocycles. The Morgan fingerprint density at radius 1 is 1.26 bits per heavy atom. The van der Waals surface area contributed by atoms with Gasteiger partial charge in [-0.05, 0) is 17.9 Å². The Hall–Kier alpha value is -0.900. The summed E-state index contributed by atoms with van der Waals surface area (Å²) >= 11 is 0. The highest BCUT2D eigenvalue weighted by molar-refractivity contribution is 5.14. The molecular weight excluding hydrogens is 236 g/mol. The van der Waals surface area contributed by atoms with Crippen LogP contribution < -0.4 is 5.32 Å². The molecule has 0 amide bonds. The molecular formula is C16H26N2O. The minimum Gasteiger partial charge on any atom is -0.395 e. The summed E-state index contributed by atoms with van der Waals surface area (Å²) in [6.07, 6.45) is 2.48. The smallest absolute Gasteiger partial charge is 0.0558 e. The van der Waals surface area contributed by atoms with Gasteiger partial charge in [0.1, 0.15) is 0 Å². The van der Waals surface area contributed by atoms with E-state index in [1.807, 2.05) is 0 Å². The zero-order chi connectivity index (χ0) is 13.5. The van der Waals surface area contributed by atoms with Gasteiger partial charge in [0.25, 0.3) is 0 Å². The molecule has 3 nitrogen and oxygen atoms in total. The van der Waals surface area contributed by atoms with E-state index in [4.69, 9.17) is 5.11 Å². The van der Waals surface area contributed by atoms with Crippen molar-refractivity contribution in [2.75, 3.05) is 26.2 Å². The first kappa shape index (κ1) is 14.5. The van der Waals surface area contributed by atoms with Gasteiger partial charge < -0.3 is 10.4 Å². The monoisotopic (exact) mass is 262 g/mol. The average molecular weight is 262 g/mol. The van der Waals surface area contributed by atoms with Crippen molar-refractivity contribution in [3.63, 3.8) is 0 Å². The van der Waals surface area contributed by atoms with E-state index in [2.05, 4.69) is 47.5 Å². The van der Waals surface area contributed by atoms with Crippen molar-refractivity contribution in [2.45, 2.75) is 32.4 Å². The molecule has 2 atom stereocenters. The number of nitrogens with one attached hydrogen (secondary N) is 1. The summed E-state index contributed by atoms with van der Waals surface area (Å²) in [5.41, 5.74) is 1.34. The van der Waals surface area contributed by atoms with Gasteiger partial charge in [0.2, 0.25) is 0 Å². The van der Waals surface area contributed by atoms with Crippen molar-refractivity contribution in [3.8, 4) is 0 Å². The van der Waals surface area contributed by atoms with Gasteiger partial charge in [0.15, 0.2) is 0 Å². The van der Waals surface area contributed by atoms with E-state index < -0.39 is 0 Å². The molecule has 0 aromatic heterocycles. The maximum absolute atomic E-state index is 9.11. The summed E-state index contributed by atoms with van der Waals surface area (Å²) in [6, 6.07) is 11.1. The predicted molar refractivity (Wildman–Crippen MR) is 79.0 cm³/mol. The van der Waals surface area contributed by atoms with Crippen LogP contribution in [0.5, 0.6) is 0 Å². The number of nitrogens with zero attached hydrogens (tertiary/aromatic N) is 1. The highest BCUT2D eigenvalue weighted by Crippen LogP contribution is 2.19. The molecule has 0 aliphatic carbocycles. The number of benzene rings is 1. The topological polar surface area (TPSA) is 35.5 Å². The Balaban J connectivity index is 1.84. The largest absolute Gasteiger partial charge is 0.395 e. The molecule has 0 saturated carbocycles.